The number of aliphatic hydroxyl groups excluding tert-OH is 2. The van der Waals surface area contributed by atoms with Crippen molar-refractivity contribution in [3.63, 3.8) is 0 Å². The number of rotatable bonds is 6. The average Bonchev–Trinajstić information content (AvgIpc) is 2.78. The molecule has 2 unspecified atom stereocenters. The predicted octanol–water partition coefficient (Wildman–Crippen LogP) is 1.50. The Bertz CT molecular complexity index is 371. The molecular formula is C10H14BrNO4S. The zero-order valence-corrected chi connectivity index (χ0v) is 11.7. The van der Waals surface area contributed by atoms with Gasteiger partial charge in [0.25, 0.3) is 0 Å². The van der Waals surface area contributed by atoms with Crippen molar-refractivity contribution in [2.24, 2.45) is 0 Å². The Labute approximate surface area is 112 Å². The predicted molar refractivity (Wildman–Crippen MR) is 67.4 cm³/mol. The molecule has 0 aliphatic rings. The number of halogens is 1. The summed E-state index contributed by atoms with van der Waals surface area (Å²) in [6.45, 7) is 2.01. The monoisotopic (exact) mass is 323 g/mol. The van der Waals surface area contributed by atoms with Crippen LogP contribution >= 0.6 is 27.3 Å². The lowest BCUT2D eigenvalue weighted by atomic mass is 10.2. The van der Waals surface area contributed by atoms with Crippen molar-refractivity contribution in [1.29, 1.82) is 0 Å². The minimum absolute atomic E-state index is 0.292. The van der Waals surface area contributed by atoms with Crippen LogP contribution in [0.1, 0.15) is 34.1 Å². The maximum absolute atomic E-state index is 11.4. The first-order valence-corrected chi connectivity index (χ1v) is 7.08. The summed E-state index contributed by atoms with van der Waals surface area (Å²) in [6.07, 6.45) is -0.200. The maximum atomic E-state index is 11.4. The number of carbonyl (C=O) groups excluding carboxylic acids is 1. The van der Waals surface area contributed by atoms with Gasteiger partial charge in [0.1, 0.15) is 16.0 Å². The van der Waals surface area contributed by atoms with Gasteiger partial charge in [-0.05, 0) is 13.3 Å². The Balaban J connectivity index is 2.70. The van der Waals surface area contributed by atoms with E-state index >= 15 is 0 Å². The molecule has 0 aliphatic heterocycles. The first-order valence-electron chi connectivity index (χ1n) is 5.15. The molecule has 0 spiro atoms. The van der Waals surface area contributed by atoms with E-state index in [4.69, 9.17) is 4.74 Å². The Morgan fingerprint density at radius 1 is 1.65 bits per heavy atom. The van der Waals surface area contributed by atoms with Crippen LogP contribution in [0.25, 0.3) is 0 Å². The second-order valence-electron chi connectivity index (χ2n) is 3.27. The molecule has 0 aliphatic carbocycles. The van der Waals surface area contributed by atoms with Gasteiger partial charge in [0, 0.05) is 5.33 Å². The third kappa shape index (κ3) is 4.02. The molecule has 0 bridgehead atoms. The largest absolute Gasteiger partial charge is 0.462 e. The molecule has 0 saturated heterocycles. The number of thiazole rings is 1. The average molecular weight is 324 g/mol. The summed E-state index contributed by atoms with van der Waals surface area (Å²) in [6, 6.07) is 0. The third-order valence-corrected chi connectivity index (χ3v) is 3.53. The second kappa shape index (κ2) is 7.05. The number of esters is 1. The highest BCUT2D eigenvalue weighted by Crippen LogP contribution is 2.24. The molecule has 96 valence electrons. The van der Waals surface area contributed by atoms with E-state index in [0.717, 1.165) is 11.3 Å². The molecule has 1 aromatic rings. The number of alkyl halides is 1. The molecule has 0 saturated carbocycles. The lowest BCUT2D eigenvalue weighted by molar-refractivity contribution is 0.0172. The molecule has 5 nitrogen and oxygen atoms in total. The lowest BCUT2D eigenvalue weighted by Crippen LogP contribution is -2.18. The van der Waals surface area contributed by atoms with Gasteiger partial charge in [0.15, 0.2) is 0 Å². The molecule has 0 radical (unpaired) electrons. The van der Waals surface area contributed by atoms with Crippen molar-refractivity contribution >= 4 is 33.2 Å². The van der Waals surface area contributed by atoms with Gasteiger partial charge in [0.2, 0.25) is 0 Å². The molecular weight excluding hydrogens is 310 g/mol. The van der Waals surface area contributed by atoms with Crippen LogP contribution in [0.4, 0.5) is 0 Å². The van der Waals surface area contributed by atoms with Crippen LogP contribution in [-0.2, 0) is 4.74 Å². The fourth-order valence-electron chi connectivity index (χ4n) is 1.16. The molecule has 17 heavy (non-hydrogen) atoms. The molecule has 1 aromatic heterocycles. The van der Waals surface area contributed by atoms with Crippen LogP contribution in [0.3, 0.4) is 0 Å². The molecule has 2 atom stereocenters. The van der Waals surface area contributed by atoms with E-state index in [0.29, 0.717) is 28.2 Å². The number of hydrogen-bond donors (Lipinski definition) is 2. The number of aliphatic hydroxyl groups is 2. The minimum Gasteiger partial charge on any atom is -0.462 e. The zero-order valence-electron chi connectivity index (χ0n) is 9.30. The Morgan fingerprint density at radius 3 is 2.94 bits per heavy atom. The second-order valence-corrected chi connectivity index (χ2v) is 5.13. The van der Waals surface area contributed by atoms with Crippen LogP contribution in [0.2, 0.25) is 0 Å². The van der Waals surface area contributed by atoms with E-state index in [1.165, 1.54) is 6.20 Å². The van der Waals surface area contributed by atoms with E-state index in [9.17, 15) is 15.0 Å². The summed E-state index contributed by atoms with van der Waals surface area (Å²) >= 11 is 4.21. The van der Waals surface area contributed by atoms with Crippen LogP contribution in [0.15, 0.2) is 6.20 Å². The summed E-state index contributed by atoms with van der Waals surface area (Å²) in [7, 11) is 0. The van der Waals surface area contributed by atoms with Gasteiger partial charge in [-0.3, -0.25) is 0 Å². The van der Waals surface area contributed by atoms with Crippen molar-refractivity contribution in [2.75, 3.05) is 11.9 Å². The smallest absolute Gasteiger partial charge is 0.349 e. The highest BCUT2D eigenvalue weighted by molar-refractivity contribution is 9.09. The fourth-order valence-corrected chi connectivity index (χ4v) is 2.48. The molecule has 0 amide bonds. The summed E-state index contributed by atoms with van der Waals surface area (Å²) in [5.74, 6) is -0.460. The third-order valence-electron chi connectivity index (χ3n) is 2.02. The first kappa shape index (κ1) is 14.6. The zero-order chi connectivity index (χ0) is 12.8. The molecule has 0 fully saturated rings. The van der Waals surface area contributed by atoms with E-state index in [-0.39, 0.29) is 0 Å². The van der Waals surface area contributed by atoms with Gasteiger partial charge in [0.05, 0.1) is 18.9 Å². The molecule has 7 heteroatoms. The summed E-state index contributed by atoms with van der Waals surface area (Å²) < 4.78 is 4.81. The Morgan fingerprint density at radius 2 is 2.35 bits per heavy atom. The maximum Gasteiger partial charge on any atom is 0.349 e. The molecule has 1 rings (SSSR count). The standard InChI is InChI=1S/C10H14BrNO4S/c1-2-16-10(15)7-5-12-9(17-7)8(14)6(13)3-4-11/h5-6,8,13-14H,2-4H2,1H3. The normalized spacial score (nSPS) is 14.4. The van der Waals surface area contributed by atoms with Crippen LogP contribution in [-0.4, -0.2) is 39.2 Å². The number of ether oxygens (including phenoxy) is 1. The SMILES string of the molecule is CCOC(=O)c1cnc(C(O)C(O)CCBr)s1. The van der Waals surface area contributed by atoms with E-state index in [1.807, 2.05) is 0 Å². The van der Waals surface area contributed by atoms with Gasteiger partial charge in [-0.15, -0.1) is 11.3 Å². The highest BCUT2D eigenvalue weighted by Gasteiger charge is 2.22. The van der Waals surface area contributed by atoms with Gasteiger partial charge in [-0.2, -0.15) is 0 Å². The Kier molecular flexibility index (Phi) is 6.04. The number of carbonyl (C=O) groups is 1. The first-order chi connectivity index (χ1) is 8.10. The minimum atomic E-state index is -1.07. The van der Waals surface area contributed by atoms with Crippen molar-refractivity contribution < 1.29 is 19.7 Å². The van der Waals surface area contributed by atoms with Gasteiger partial charge in [-0.25, -0.2) is 9.78 Å². The Hall–Kier alpha value is -0.500. The summed E-state index contributed by atoms with van der Waals surface area (Å²) in [5, 5.41) is 20.3. The van der Waals surface area contributed by atoms with E-state index < -0.39 is 18.2 Å². The summed E-state index contributed by atoms with van der Waals surface area (Å²) in [4.78, 5) is 15.6. The van der Waals surface area contributed by atoms with Gasteiger partial charge in [-0.1, -0.05) is 15.9 Å². The lowest BCUT2D eigenvalue weighted by Gasteiger charge is -2.13. The fraction of sp³-hybridized carbons (Fsp3) is 0.600. The van der Waals surface area contributed by atoms with Gasteiger partial charge >= 0.3 is 5.97 Å². The van der Waals surface area contributed by atoms with Crippen molar-refractivity contribution in [1.82, 2.24) is 4.98 Å². The summed E-state index contributed by atoms with van der Waals surface area (Å²) in [5.41, 5.74) is 0. The highest BCUT2D eigenvalue weighted by atomic mass is 79.9. The number of hydrogen-bond acceptors (Lipinski definition) is 6. The van der Waals surface area contributed by atoms with E-state index in [2.05, 4.69) is 20.9 Å². The van der Waals surface area contributed by atoms with Crippen molar-refractivity contribution in [3.05, 3.63) is 16.1 Å². The van der Waals surface area contributed by atoms with Gasteiger partial charge < -0.3 is 14.9 Å². The quantitative estimate of drug-likeness (QED) is 0.612. The van der Waals surface area contributed by atoms with Crippen molar-refractivity contribution in [3.8, 4) is 0 Å². The number of nitrogens with zero attached hydrogens (tertiary/aromatic N) is 1. The van der Waals surface area contributed by atoms with Crippen LogP contribution < -0.4 is 0 Å². The van der Waals surface area contributed by atoms with Crippen LogP contribution in [0, 0.1) is 0 Å². The molecule has 0 aromatic carbocycles. The topological polar surface area (TPSA) is 79.7 Å². The van der Waals surface area contributed by atoms with E-state index in [1.54, 1.807) is 6.92 Å². The van der Waals surface area contributed by atoms with Crippen molar-refractivity contribution in [2.45, 2.75) is 25.6 Å². The number of aromatic nitrogens is 1. The van der Waals surface area contributed by atoms with Crippen LogP contribution in [0.5, 0.6) is 0 Å². The molecule has 2 N–H and O–H groups in total. The molecule has 1 heterocycles.